The summed E-state index contributed by atoms with van der Waals surface area (Å²) in [5.74, 6) is 1.01. The van der Waals surface area contributed by atoms with E-state index in [0.29, 0.717) is 33.5 Å². The minimum atomic E-state index is -0.252. The van der Waals surface area contributed by atoms with Crippen LogP contribution in [-0.4, -0.2) is 20.1 Å². The molecule has 1 amide bonds. The van der Waals surface area contributed by atoms with Crippen LogP contribution in [-0.2, 0) is 0 Å². The van der Waals surface area contributed by atoms with E-state index >= 15 is 0 Å². The summed E-state index contributed by atoms with van der Waals surface area (Å²) in [6, 6.07) is 10.2. The maximum atomic E-state index is 12.5. The van der Waals surface area contributed by atoms with Gasteiger partial charge >= 0.3 is 0 Å². The van der Waals surface area contributed by atoms with E-state index in [9.17, 15) is 4.79 Å². The van der Waals surface area contributed by atoms with E-state index in [1.807, 2.05) is 25.1 Å². The normalized spacial score (nSPS) is 11.7. The van der Waals surface area contributed by atoms with Gasteiger partial charge < -0.3 is 14.8 Å². The Labute approximate surface area is 151 Å². The fourth-order valence-corrected chi connectivity index (χ4v) is 2.89. The Morgan fingerprint density at radius 1 is 1.08 bits per heavy atom. The van der Waals surface area contributed by atoms with Crippen LogP contribution in [0.5, 0.6) is 11.5 Å². The number of hydrogen-bond donors (Lipinski definition) is 1. The van der Waals surface area contributed by atoms with Crippen LogP contribution >= 0.6 is 23.2 Å². The number of nitrogens with one attached hydrogen (secondary N) is 1. The molecule has 0 aliphatic carbocycles. The molecule has 0 aromatic heterocycles. The van der Waals surface area contributed by atoms with E-state index in [4.69, 9.17) is 32.7 Å². The van der Waals surface area contributed by atoms with Gasteiger partial charge in [0, 0.05) is 5.02 Å². The number of ether oxygens (including phenoxy) is 2. The molecule has 0 aliphatic heterocycles. The van der Waals surface area contributed by atoms with Crippen molar-refractivity contribution in [2.24, 2.45) is 0 Å². The Morgan fingerprint density at radius 2 is 1.79 bits per heavy atom. The quantitative estimate of drug-likeness (QED) is 0.790. The van der Waals surface area contributed by atoms with Crippen molar-refractivity contribution in [2.75, 3.05) is 14.2 Å². The lowest BCUT2D eigenvalue weighted by Gasteiger charge is -2.19. The minimum absolute atomic E-state index is 0.177. The van der Waals surface area contributed by atoms with E-state index in [0.717, 1.165) is 5.56 Å². The molecule has 0 aliphatic rings. The van der Waals surface area contributed by atoms with Crippen LogP contribution in [0.1, 0.15) is 35.3 Å². The second-order valence-electron chi connectivity index (χ2n) is 5.17. The van der Waals surface area contributed by atoms with E-state index in [-0.39, 0.29) is 11.9 Å². The zero-order valence-corrected chi connectivity index (χ0v) is 15.2. The van der Waals surface area contributed by atoms with Crippen molar-refractivity contribution in [3.8, 4) is 11.5 Å². The lowest BCUT2D eigenvalue weighted by molar-refractivity contribution is 0.0935. The summed E-state index contributed by atoms with van der Waals surface area (Å²) >= 11 is 12.0. The molecule has 24 heavy (non-hydrogen) atoms. The first-order chi connectivity index (χ1) is 11.5. The first-order valence-corrected chi connectivity index (χ1v) is 8.23. The van der Waals surface area contributed by atoms with Crippen LogP contribution in [0.2, 0.25) is 10.0 Å². The molecule has 0 saturated heterocycles. The van der Waals surface area contributed by atoms with Crippen LogP contribution in [0.4, 0.5) is 0 Å². The van der Waals surface area contributed by atoms with Gasteiger partial charge in [-0.1, -0.05) is 36.2 Å². The maximum absolute atomic E-state index is 12.5. The number of methoxy groups -OCH3 is 2. The van der Waals surface area contributed by atoms with Gasteiger partial charge in [-0.25, -0.2) is 0 Å². The fourth-order valence-electron chi connectivity index (χ4n) is 2.40. The molecular formula is C18H19Cl2NO3. The molecule has 0 radical (unpaired) electrons. The Hall–Kier alpha value is -1.91. The van der Waals surface area contributed by atoms with Gasteiger partial charge in [0.25, 0.3) is 5.91 Å². The highest BCUT2D eigenvalue weighted by Gasteiger charge is 2.18. The summed E-state index contributed by atoms with van der Waals surface area (Å²) in [4.78, 5) is 12.5. The van der Waals surface area contributed by atoms with Crippen molar-refractivity contribution in [3.05, 3.63) is 57.6 Å². The van der Waals surface area contributed by atoms with E-state index < -0.39 is 0 Å². The van der Waals surface area contributed by atoms with E-state index in [2.05, 4.69) is 5.32 Å². The van der Waals surface area contributed by atoms with Crippen LogP contribution in [0, 0.1) is 0 Å². The third-order valence-corrected chi connectivity index (χ3v) is 4.25. The molecule has 0 bridgehead atoms. The van der Waals surface area contributed by atoms with Crippen molar-refractivity contribution in [1.82, 2.24) is 5.32 Å². The maximum Gasteiger partial charge on any atom is 0.253 e. The zero-order valence-electron chi connectivity index (χ0n) is 13.7. The highest BCUT2D eigenvalue weighted by Crippen LogP contribution is 2.31. The number of hydrogen-bond acceptors (Lipinski definition) is 3. The lowest BCUT2D eigenvalue weighted by atomic mass is 10.0. The topological polar surface area (TPSA) is 47.6 Å². The molecule has 128 valence electrons. The molecule has 4 nitrogen and oxygen atoms in total. The predicted molar refractivity (Wildman–Crippen MR) is 96.5 cm³/mol. The highest BCUT2D eigenvalue weighted by molar-refractivity contribution is 6.36. The number of halogens is 2. The van der Waals surface area contributed by atoms with Gasteiger partial charge in [-0.05, 0) is 42.3 Å². The van der Waals surface area contributed by atoms with Crippen molar-refractivity contribution < 1.29 is 14.3 Å². The molecule has 1 atom stereocenters. The molecule has 2 aromatic rings. The molecule has 2 rings (SSSR count). The molecule has 0 unspecified atom stereocenters. The van der Waals surface area contributed by atoms with Crippen LogP contribution in [0.15, 0.2) is 36.4 Å². The predicted octanol–water partition coefficient (Wildman–Crippen LogP) is 4.89. The highest BCUT2D eigenvalue weighted by atomic mass is 35.5. The van der Waals surface area contributed by atoms with Gasteiger partial charge in [0.1, 0.15) is 0 Å². The largest absolute Gasteiger partial charge is 0.493 e. The first kappa shape index (κ1) is 18.4. The lowest BCUT2D eigenvalue weighted by Crippen LogP contribution is -2.28. The smallest absolute Gasteiger partial charge is 0.253 e. The SMILES string of the molecule is CC[C@H](NC(=O)c1ccc(Cl)cc1Cl)c1ccc(OC)c(OC)c1. The van der Waals surface area contributed by atoms with Crippen molar-refractivity contribution in [2.45, 2.75) is 19.4 Å². The minimum Gasteiger partial charge on any atom is -0.493 e. The van der Waals surface area contributed by atoms with Crippen molar-refractivity contribution in [1.29, 1.82) is 0 Å². The van der Waals surface area contributed by atoms with Gasteiger partial charge in [-0.15, -0.1) is 0 Å². The average Bonchev–Trinajstić information content (AvgIpc) is 2.58. The summed E-state index contributed by atoms with van der Waals surface area (Å²) < 4.78 is 10.6. The summed E-state index contributed by atoms with van der Waals surface area (Å²) in [6.07, 6.45) is 0.715. The summed E-state index contributed by atoms with van der Waals surface area (Å²) in [6.45, 7) is 1.99. The molecule has 0 saturated carbocycles. The molecule has 2 aromatic carbocycles. The third-order valence-electron chi connectivity index (χ3n) is 3.70. The molecule has 6 heteroatoms. The number of benzene rings is 2. The Kier molecular flexibility index (Phi) is 6.35. The monoisotopic (exact) mass is 367 g/mol. The summed E-state index contributed by atoms with van der Waals surface area (Å²) in [5, 5.41) is 3.80. The average molecular weight is 368 g/mol. The van der Waals surface area contributed by atoms with E-state index in [1.165, 1.54) is 0 Å². The van der Waals surface area contributed by atoms with Gasteiger partial charge in [0.2, 0.25) is 0 Å². The molecule has 1 N–H and O–H groups in total. The first-order valence-electron chi connectivity index (χ1n) is 7.48. The van der Waals surface area contributed by atoms with Crippen molar-refractivity contribution >= 4 is 29.1 Å². The number of carbonyl (C=O) groups is 1. The number of amides is 1. The molecule has 0 fully saturated rings. The second kappa shape index (κ2) is 8.27. The standard InChI is InChI=1S/C18H19Cl2NO3/c1-4-15(11-5-8-16(23-2)17(9-11)24-3)21-18(22)13-7-6-12(19)10-14(13)20/h5-10,15H,4H2,1-3H3,(H,21,22)/t15-/m0/s1. The Bertz CT molecular complexity index is 734. The number of rotatable bonds is 6. The van der Waals surface area contributed by atoms with Crippen LogP contribution in [0.25, 0.3) is 0 Å². The second-order valence-corrected chi connectivity index (χ2v) is 6.02. The molecule has 0 spiro atoms. The van der Waals surface area contributed by atoms with Crippen molar-refractivity contribution in [3.63, 3.8) is 0 Å². The molecule has 0 heterocycles. The zero-order chi connectivity index (χ0) is 17.7. The number of carbonyl (C=O) groups excluding carboxylic acids is 1. The summed E-state index contributed by atoms with van der Waals surface area (Å²) in [7, 11) is 3.16. The van der Waals surface area contributed by atoms with Crippen LogP contribution < -0.4 is 14.8 Å². The molecular weight excluding hydrogens is 349 g/mol. The fraction of sp³-hybridized carbons (Fsp3) is 0.278. The third kappa shape index (κ3) is 4.13. The van der Waals surface area contributed by atoms with Gasteiger partial charge in [-0.3, -0.25) is 4.79 Å². The van der Waals surface area contributed by atoms with Gasteiger partial charge in [-0.2, -0.15) is 0 Å². The summed E-state index contributed by atoms with van der Waals surface area (Å²) in [5.41, 5.74) is 1.31. The Balaban J connectivity index is 2.24. The van der Waals surface area contributed by atoms with Gasteiger partial charge in [0.15, 0.2) is 11.5 Å². The van der Waals surface area contributed by atoms with E-state index in [1.54, 1.807) is 32.4 Å². The van der Waals surface area contributed by atoms with Gasteiger partial charge in [0.05, 0.1) is 30.8 Å². The Morgan fingerprint density at radius 3 is 2.38 bits per heavy atom. The van der Waals surface area contributed by atoms with Crippen LogP contribution in [0.3, 0.4) is 0 Å².